The molecule has 0 aliphatic heterocycles. The maximum Gasteiger partial charge on any atom is 0.306 e. The van der Waals surface area contributed by atoms with E-state index in [1.54, 1.807) is 0 Å². The zero-order chi connectivity index (χ0) is 48.5. The Hall–Kier alpha value is -1.77. The molecule has 0 aliphatic carbocycles. The van der Waals surface area contributed by atoms with Gasteiger partial charge in [0.25, 0.3) is 7.82 Å². The summed E-state index contributed by atoms with van der Waals surface area (Å²) in [6, 6.07) is 0. The van der Waals surface area contributed by atoms with E-state index >= 15 is 0 Å². The molecule has 0 N–H and O–H groups in total. The summed E-state index contributed by atoms with van der Waals surface area (Å²) in [7, 11) is 1.17. The van der Waals surface area contributed by atoms with Crippen LogP contribution in [0.4, 0.5) is 0 Å². The second-order valence-corrected chi connectivity index (χ2v) is 21.4. The van der Waals surface area contributed by atoms with E-state index in [0.717, 1.165) is 51.4 Å². The Morgan fingerprint density at radius 3 is 1.24 bits per heavy atom. The zero-order valence-corrected chi connectivity index (χ0v) is 44.8. The molecule has 0 aromatic heterocycles. The van der Waals surface area contributed by atoms with Gasteiger partial charge in [0.15, 0.2) is 6.10 Å². The first-order chi connectivity index (χ1) is 32.0. The van der Waals surface area contributed by atoms with Gasteiger partial charge in [-0.1, -0.05) is 211 Å². The van der Waals surface area contributed by atoms with Gasteiger partial charge in [-0.15, -0.1) is 0 Å². The molecule has 0 bridgehead atoms. The second-order valence-electron chi connectivity index (χ2n) is 19.9. The summed E-state index contributed by atoms with van der Waals surface area (Å²) in [5, 5.41) is 0. The molecular weight excluding hydrogens is 846 g/mol. The summed E-state index contributed by atoms with van der Waals surface area (Å²) < 4.78 is 34.1. The van der Waals surface area contributed by atoms with Crippen LogP contribution in [0.2, 0.25) is 0 Å². The number of phosphoric ester groups is 1. The minimum Gasteiger partial charge on any atom is -0.756 e. The molecule has 0 saturated heterocycles. The lowest BCUT2D eigenvalue weighted by molar-refractivity contribution is -0.870. The third-order valence-corrected chi connectivity index (χ3v) is 13.1. The molecule has 0 spiro atoms. The number of unbranched alkanes of at least 4 members (excludes halogenated alkanes) is 31. The van der Waals surface area contributed by atoms with E-state index in [1.807, 2.05) is 21.1 Å². The van der Waals surface area contributed by atoms with Gasteiger partial charge in [0.05, 0.1) is 27.7 Å². The number of rotatable bonds is 51. The molecule has 0 amide bonds. The summed E-state index contributed by atoms with van der Waals surface area (Å²) in [4.78, 5) is 37.8. The van der Waals surface area contributed by atoms with Gasteiger partial charge in [0.1, 0.15) is 19.8 Å². The van der Waals surface area contributed by atoms with Crippen LogP contribution in [0, 0.1) is 0 Å². The Balaban J connectivity index is 4.18. The molecule has 2 unspecified atom stereocenters. The lowest BCUT2D eigenvalue weighted by atomic mass is 10.0. The van der Waals surface area contributed by atoms with Crippen LogP contribution in [0.1, 0.15) is 258 Å². The van der Waals surface area contributed by atoms with Crippen molar-refractivity contribution >= 4 is 19.8 Å². The van der Waals surface area contributed by atoms with Crippen molar-refractivity contribution in [2.45, 2.75) is 264 Å². The van der Waals surface area contributed by atoms with Crippen LogP contribution in [0.25, 0.3) is 0 Å². The first-order valence-corrected chi connectivity index (χ1v) is 29.2. The maximum atomic E-state index is 12.8. The number of ether oxygens (including phenoxy) is 2. The highest BCUT2D eigenvalue weighted by Crippen LogP contribution is 2.38. The Morgan fingerprint density at radius 1 is 0.470 bits per heavy atom. The molecule has 0 heterocycles. The van der Waals surface area contributed by atoms with Crippen LogP contribution in [0.15, 0.2) is 36.5 Å². The minimum absolute atomic E-state index is 0.0311. The monoisotopic (exact) mass is 952 g/mol. The second kappa shape index (κ2) is 48.3. The Bertz CT molecular complexity index is 1210. The summed E-state index contributed by atoms with van der Waals surface area (Å²) in [5.74, 6) is -0.830. The van der Waals surface area contributed by atoms with Crippen molar-refractivity contribution in [2.75, 3.05) is 47.5 Å². The number of hydrogen-bond acceptors (Lipinski definition) is 8. The van der Waals surface area contributed by atoms with Gasteiger partial charge in [-0.05, 0) is 70.6 Å². The first-order valence-electron chi connectivity index (χ1n) is 27.7. The number of allylic oxidation sites excluding steroid dienone is 6. The van der Waals surface area contributed by atoms with Crippen molar-refractivity contribution in [1.82, 2.24) is 0 Å². The van der Waals surface area contributed by atoms with E-state index in [9.17, 15) is 19.0 Å². The lowest BCUT2D eigenvalue weighted by Gasteiger charge is -2.28. The third kappa shape index (κ3) is 51.6. The highest BCUT2D eigenvalue weighted by molar-refractivity contribution is 7.45. The summed E-state index contributed by atoms with van der Waals surface area (Å²) >= 11 is 0. The zero-order valence-electron chi connectivity index (χ0n) is 43.9. The molecular formula is C56H106NO8P. The average molecular weight is 952 g/mol. The minimum atomic E-state index is -4.63. The van der Waals surface area contributed by atoms with E-state index < -0.39 is 26.5 Å². The van der Waals surface area contributed by atoms with Crippen molar-refractivity contribution < 1.29 is 42.1 Å². The normalized spacial score (nSPS) is 13.6. The van der Waals surface area contributed by atoms with E-state index in [4.69, 9.17) is 18.5 Å². The highest BCUT2D eigenvalue weighted by Gasteiger charge is 2.21. The predicted octanol–water partition coefficient (Wildman–Crippen LogP) is 16.2. The van der Waals surface area contributed by atoms with Crippen LogP contribution in [-0.4, -0.2) is 70.0 Å². The first kappa shape index (κ1) is 64.2. The quantitative estimate of drug-likeness (QED) is 0.0195. The van der Waals surface area contributed by atoms with Crippen molar-refractivity contribution in [3.8, 4) is 0 Å². The molecule has 0 aliphatic rings. The average Bonchev–Trinajstić information content (AvgIpc) is 3.27. The maximum absolute atomic E-state index is 12.8. The number of quaternary nitrogens is 1. The number of likely N-dealkylation sites (N-methyl/N-ethyl adjacent to an activating group) is 1. The van der Waals surface area contributed by atoms with Crippen LogP contribution in [0.3, 0.4) is 0 Å². The molecule has 10 heteroatoms. The van der Waals surface area contributed by atoms with E-state index in [2.05, 4.69) is 50.3 Å². The fraction of sp³-hybridized carbons (Fsp3) is 0.857. The van der Waals surface area contributed by atoms with E-state index in [-0.39, 0.29) is 32.0 Å². The van der Waals surface area contributed by atoms with Gasteiger partial charge >= 0.3 is 11.9 Å². The van der Waals surface area contributed by atoms with Crippen LogP contribution < -0.4 is 4.89 Å². The smallest absolute Gasteiger partial charge is 0.306 e. The Kier molecular flexibility index (Phi) is 47.0. The molecule has 66 heavy (non-hydrogen) atoms. The third-order valence-electron chi connectivity index (χ3n) is 12.1. The summed E-state index contributed by atoms with van der Waals surface area (Å²) in [5.41, 5.74) is 0. The Morgan fingerprint density at radius 2 is 0.818 bits per heavy atom. The Labute approximate surface area is 408 Å². The fourth-order valence-electron chi connectivity index (χ4n) is 7.80. The molecule has 0 aromatic carbocycles. The molecule has 0 radical (unpaired) electrons. The van der Waals surface area contributed by atoms with E-state index in [1.165, 1.54) is 173 Å². The molecule has 2 atom stereocenters. The number of hydrogen-bond donors (Lipinski definition) is 0. The molecule has 9 nitrogen and oxygen atoms in total. The van der Waals surface area contributed by atoms with Crippen LogP contribution >= 0.6 is 7.82 Å². The van der Waals surface area contributed by atoms with E-state index in [0.29, 0.717) is 17.4 Å². The SMILES string of the molecule is CCCCC/C=C\C/C=C\CCCCCCCCCCCC(=O)OC(COC(=O)CCCCCCCCCCCCC/C=C\CCCCCCCCCC)COP(=O)([O-])OCC[N+](C)(C)C. The molecule has 0 rings (SSSR count). The van der Waals surface area contributed by atoms with Crippen LogP contribution in [0.5, 0.6) is 0 Å². The predicted molar refractivity (Wildman–Crippen MR) is 277 cm³/mol. The molecule has 0 aromatic rings. The van der Waals surface area contributed by atoms with Crippen LogP contribution in [-0.2, 0) is 32.7 Å². The van der Waals surface area contributed by atoms with Gasteiger partial charge in [0, 0.05) is 12.8 Å². The largest absolute Gasteiger partial charge is 0.756 e. The summed E-state index contributed by atoms with van der Waals surface area (Å²) in [6.45, 7) is 4.24. The topological polar surface area (TPSA) is 111 Å². The molecule has 0 fully saturated rings. The van der Waals surface area contributed by atoms with Crippen molar-refractivity contribution in [3.05, 3.63) is 36.5 Å². The lowest BCUT2D eigenvalue weighted by Crippen LogP contribution is -2.37. The van der Waals surface area contributed by atoms with Gasteiger partial charge in [-0.3, -0.25) is 14.2 Å². The fourth-order valence-corrected chi connectivity index (χ4v) is 8.53. The van der Waals surface area contributed by atoms with Gasteiger partial charge in [-0.25, -0.2) is 0 Å². The number of nitrogens with zero attached hydrogens (tertiary/aromatic N) is 1. The molecule has 388 valence electrons. The number of carbonyl (C=O) groups is 2. The van der Waals surface area contributed by atoms with Gasteiger partial charge in [0.2, 0.25) is 0 Å². The molecule has 0 saturated carbocycles. The van der Waals surface area contributed by atoms with Crippen molar-refractivity contribution in [1.29, 1.82) is 0 Å². The van der Waals surface area contributed by atoms with Gasteiger partial charge in [-0.2, -0.15) is 0 Å². The standard InChI is InChI=1S/C56H106NO8P/c1-6-8-10-12-14-16-18-20-22-24-26-27-28-29-31-32-34-36-38-40-42-44-46-48-55(58)62-52-54(53-64-66(60,61)63-51-50-57(3,4)5)65-56(59)49-47-45-43-41-39-37-35-33-30-25-23-21-19-17-15-13-11-9-7-2/h15,17,21,23-24,26,54H,6-14,16,18-20,22,25,27-53H2,1-5H3/b17-15-,23-21-,26-24-. The van der Waals surface area contributed by atoms with Crippen molar-refractivity contribution in [3.63, 3.8) is 0 Å². The number of carbonyl (C=O) groups excluding carboxylic acids is 2. The number of esters is 2. The van der Waals surface area contributed by atoms with Crippen molar-refractivity contribution in [2.24, 2.45) is 0 Å². The number of phosphoric acid groups is 1. The van der Waals surface area contributed by atoms with Gasteiger partial charge < -0.3 is 27.9 Å². The summed E-state index contributed by atoms with van der Waals surface area (Å²) in [6.07, 6.45) is 57.5. The highest BCUT2D eigenvalue weighted by atomic mass is 31.2.